The molecule has 1 aromatic carbocycles. The van der Waals surface area contributed by atoms with E-state index in [9.17, 15) is 8.42 Å². The number of nitrogens with two attached hydrogens (primary N) is 1. The van der Waals surface area contributed by atoms with Crippen LogP contribution in [0.3, 0.4) is 0 Å². The minimum Gasteiger partial charge on any atom is -0.494 e. The van der Waals surface area contributed by atoms with E-state index in [1.807, 2.05) is 6.92 Å². The molecular formula is C14H22N2O3S. The molecule has 2 rings (SSSR count). The summed E-state index contributed by atoms with van der Waals surface area (Å²) >= 11 is 0. The molecule has 0 aromatic heterocycles. The second kappa shape index (κ2) is 6.56. The van der Waals surface area contributed by atoms with E-state index in [1.54, 1.807) is 24.3 Å². The van der Waals surface area contributed by atoms with Crippen molar-refractivity contribution >= 4 is 10.0 Å². The summed E-state index contributed by atoms with van der Waals surface area (Å²) in [7, 11) is -3.43. The van der Waals surface area contributed by atoms with Crippen LogP contribution in [-0.2, 0) is 10.0 Å². The number of hydrogen-bond donors (Lipinski definition) is 1. The Morgan fingerprint density at radius 2 is 2.05 bits per heavy atom. The van der Waals surface area contributed by atoms with Gasteiger partial charge in [-0.05, 0) is 43.5 Å². The van der Waals surface area contributed by atoms with Crippen LogP contribution < -0.4 is 10.5 Å². The molecule has 2 N–H and O–H groups in total. The molecule has 1 heterocycles. The van der Waals surface area contributed by atoms with Crippen molar-refractivity contribution in [2.75, 3.05) is 19.7 Å². The van der Waals surface area contributed by atoms with E-state index in [2.05, 4.69) is 0 Å². The molecule has 1 fully saturated rings. The molecule has 0 radical (unpaired) electrons. The summed E-state index contributed by atoms with van der Waals surface area (Å²) in [6.45, 7) is 3.60. The lowest BCUT2D eigenvalue weighted by Crippen LogP contribution is -2.45. The Bertz CT molecular complexity index is 528. The zero-order valence-electron chi connectivity index (χ0n) is 11.8. The van der Waals surface area contributed by atoms with Crippen LogP contribution in [0.15, 0.2) is 29.2 Å². The molecule has 1 aliphatic rings. The summed E-state index contributed by atoms with van der Waals surface area (Å²) in [6.07, 6.45) is 2.62. The average molecular weight is 298 g/mol. The van der Waals surface area contributed by atoms with Crippen LogP contribution in [0.25, 0.3) is 0 Å². The van der Waals surface area contributed by atoms with E-state index >= 15 is 0 Å². The number of benzene rings is 1. The minimum atomic E-state index is -3.43. The summed E-state index contributed by atoms with van der Waals surface area (Å²) in [6, 6.07) is 6.53. The van der Waals surface area contributed by atoms with Crippen LogP contribution in [0.1, 0.15) is 26.2 Å². The van der Waals surface area contributed by atoms with Crippen LogP contribution in [0.2, 0.25) is 0 Å². The van der Waals surface area contributed by atoms with Crippen molar-refractivity contribution in [2.45, 2.75) is 37.1 Å². The Kier molecular flexibility index (Phi) is 5.01. The number of nitrogens with zero attached hydrogens (tertiary/aromatic N) is 1. The largest absolute Gasteiger partial charge is 0.494 e. The van der Waals surface area contributed by atoms with Crippen molar-refractivity contribution in [2.24, 2.45) is 5.73 Å². The van der Waals surface area contributed by atoms with E-state index in [4.69, 9.17) is 10.5 Å². The van der Waals surface area contributed by atoms with E-state index in [-0.39, 0.29) is 6.04 Å². The van der Waals surface area contributed by atoms with Crippen LogP contribution in [0, 0.1) is 0 Å². The van der Waals surface area contributed by atoms with Crippen molar-refractivity contribution in [3.63, 3.8) is 0 Å². The lowest BCUT2D eigenvalue weighted by Gasteiger charge is -2.29. The highest BCUT2D eigenvalue weighted by Gasteiger charge is 2.28. The molecule has 0 amide bonds. The molecule has 1 atom stereocenters. The second-order valence-electron chi connectivity index (χ2n) is 5.09. The van der Waals surface area contributed by atoms with Gasteiger partial charge in [0.15, 0.2) is 0 Å². The molecular weight excluding hydrogens is 276 g/mol. The lowest BCUT2D eigenvalue weighted by atomic mass is 10.1. The predicted octanol–water partition coefficient (Wildman–Crippen LogP) is 1.59. The normalized spacial score (nSPS) is 20.8. The smallest absolute Gasteiger partial charge is 0.243 e. The maximum Gasteiger partial charge on any atom is 0.243 e. The third-order valence-electron chi connectivity index (χ3n) is 3.35. The quantitative estimate of drug-likeness (QED) is 0.896. The Hall–Kier alpha value is -1.11. The van der Waals surface area contributed by atoms with Gasteiger partial charge in [-0.15, -0.1) is 0 Å². The van der Waals surface area contributed by atoms with Gasteiger partial charge >= 0.3 is 0 Å². The number of ether oxygens (including phenoxy) is 1. The van der Waals surface area contributed by atoms with E-state index in [0.29, 0.717) is 30.3 Å². The van der Waals surface area contributed by atoms with E-state index in [0.717, 1.165) is 19.3 Å². The third-order valence-corrected chi connectivity index (χ3v) is 5.23. The monoisotopic (exact) mass is 298 g/mol. The first-order chi connectivity index (χ1) is 9.54. The van der Waals surface area contributed by atoms with Crippen LogP contribution in [-0.4, -0.2) is 38.5 Å². The first kappa shape index (κ1) is 15.3. The minimum absolute atomic E-state index is 0.0642. The van der Waals surface area contributed by atoms with Crippen molar-refractivity contribution in [1.82, 2.24) is 4.31 Å². The fraction of sp³-hybridized carbons (Fsp3) is 0.571. The summed E-state index contributed by atoms with van der Waals surface area (Å²) in [5, 5.41) is 0. The molecule has 0 bridgehead atoms. The highest BCUT2D eigenvalue weighted by molar-refractivity contribution is 7.89. The number of sulfonamides is 1. The third kappa shape index (κ3) is 3.50. The Labute approximate surface area is 120 Å². The number of rotatable bonds is 5. The molecule has 1 aliphatic heterocycles. The molecule has 20 heavy (non-hydrogen) atoms. The van der Waals surface area contributed by atoms with Gasteiger partial charge in [0.25, 0.3) is 0 Å². The van der Waals surface area contributed by atoms with Crippen LogP contribution >= 0.6 is 0 Å². The summed E-state index contributed by atoms with van der Waals surface area (Å²) in [5.74, 6) is 0.696. The fourth-order valence-electron chi connectivity index (χ4n) is 2.27. The molecule has 6 heteroatoms. The maximum absolute atomic E-state index is 12.5. The van der Waals surface area contributed by atoms with Crippen molar-refractivity contribution in [3.05, 3.63) is 24.3 Å². The second-order valence-corrected chi connectivity index (χ2v) is 7.02. The highest BCUT2D eigenvalue weighted by Crippen LogP contribution is 2.22. The van der Waals surface area contributed by atoms with Gasteiger partial charge in [0, 0.05) is 19.1 Å². The molecule has 112 valence electrons. The highest BCUT2D eigenvalue weighted by atomic mass is 32.2. The van der Waals surface area contributed by atoms with Crippen molar-refractivity contribution in [1.29, 1.82) is 0 Å². The molecule has 5 nitrogen and oxygen atoms in total. The average Bonchev–Trinajstić information content (AvgIpc) is 2.45. The van der Waals surface area contributed by atoms with Gasteiger partial charge in [0.2, 0.25) is 10.0 Å². The summed E-state index contributed by atoms with van der Waals surface area (Å²) in [4.78, 5) is 0.301. The van der Waals surface area contributed by atoms with E-state index < -0.39 is 10.0 Å². The topological polar surface area (TPSA) is 72.6 Å². The molecule has 0 aliphatic carbocycles. The van der Waals surface area contributed by atoms with Crippen molar-refractivity contribution < 1.29 is 13.2 Å². The van der Waals surface area contributed by atoms with E-state index in [1.165, 1.54) is 4.31 Å². The zero-order chi connectivity index (χ0) is 14.6. The number of hydrogen-bond acceptors (Lipinski definition) is 4. The first-order valence-corrected chi connectivity index (χ1v) is 8.46. The first-order valence-electron chi connectivity index (χ1n) is 7.02. The van der Waals surface area contributed by atoms with Gasteiger partial charge in [-0.1, -0.05) is 6.92 Å². The summed E-state index contributed by atoms with van der Waals surface area (Å²) < 4.78 is 31.9. The van der Waals surface area contributed by atoms with Gasteiger partial charge in [-0.25, -0.2) is 8.42 Å². The fourth-order valence-corrected chi connectivity index (χ4v) is 3.80. The van der Waals surface area contributed by atoms with Crippen LogP contribution in [0.5, 0.6) is 5.75 Å². The molecule has 1 unspecified atom stereocenters. The Morgan fingerprint density at radius 3 is 2.65 bits per heavy atom. The molecule has 1 aromatic rings. The maximum atomic E-state index is 12.5. The molecule has 0 spiro atoms. The van der Waals surface area contributed by atoms with Crippen LogP contribution in [0.4, 0.5) is 0 Å². The zero-order valence-corrected chi connectivity index (χ0v) is 12.6. The standard InChI is InChI=1S/C14H22N2O3S/c1-2-10-19-13-5-7-14(8-6-13)20(17,18)16-9-3-4-12(15)11-16/h5-8,12H,2-4,9-11,15H2,1H3. The molecule has 0 saturated carbocycles. The van der Waals surface area contributed by atoms with Gasteiger partial charge in [0.1, 0.15) is 5.75 Å². The predicted molar refractivity (Wildman–Crippen MR) is 78.2 cm³/mol. The van der Waals surface area contributed by atoms with Gasteiger partial charge in [-0.3, -0.25) is 0 Å². The Morgan fingerprint density at radius 1 is 1.35 bits per heavy atom. The molecule has 1 saturated heterocycles. The summed E-state index contributed by atoms with van der Waals surface area (Å²) in [5.41, 5.74) is 5.85. The lowest BCUT2D eigenvalue weighted by molar-refractivity contribution is 0.314. The van der Waals surface area contributed by atoms with Crippen molar-refractivity contribution in [3.8, 4) is 5.75 Å². The van der Waals surface area contributed by atoms with Gasteiger partial charge < -0.3 is 10.5 Å². The van der Waals surface area contributed by atoms with Gasteiger partial charge in [-0.2, -0.15) is 4.31 Å². The van der Waals surface area contributed by atoms with Gasteiger partial charge in [0.05, 0.1) is 11.5 Å². The number of piperidine rings is 1. The SMILES string of the molecule is CCCOc1ccc(S(=O)(=O)N2CCCC(N)C2)cc1. The Balaban J connectivity index is 2.12.